The zero-order chi connectivity index (χ0) is 19.9. The van der Waals surface area contributed by atoms with Crippen LogP contribution in [0.5, 0.6) is 11.5 Å². The minimum Gasteiger partial charge on any atom is -0.493 e. The van der Waals surface area contributed by atoms with E-state index in [0.29, 0.717) is 27.9 Å². The highest BCUT2D eigenvalue weighted by atomic mass is 35.5. The van der Waals surface area contributed by atoms with Crippen molar-refractivity contribution in [3.63, 3.8) is 0 Å². The molecular weight excluding hydrogens is 384 g/mol. The quantitative estimate of drug-likeness (QED) is 0.481. The normalized spacial score (nSPS) is 10.8. The molecule has 2 aromatic carbocycles. The fourth-order valence-corrected chi connectivity index (χ4v) is 2.66. The maximum Gasteiger partial charge on any atom is 0.263 e. The summed E-state index contributed by atoms with van der Waals surface area (Å²) in [5, 5.41) is 16.3. The lowest BCUT2D eigenvalue weighted by Crippen LogP contribution is -2.24. The lowest BCUT2D eigenvalue weighted by Gasteiger charge is -2.09. The molecule has 3 rings (SSSR count). The summed E-state index contributed by atoms with van der Waals surface area (Å²) in [6.45, 7) is -0.121. The van der Waals surface area contributed by atoms with Crippen molar-refractivity contribution in [3.05, 3.63) is 53.1 Å². The number of carbonyl (C=O) groups is 1. The fraction of sp³-hybridized carbons (Fsp3) is 0.167. The maximum absolute atomic E-state index is 12.0. The van der Waals surface area contributed by atoms with E-state index < -0.39 is 5.91 Å². The van der Waals surface area contributed by atoms with Crippen molar-refractivity contribution >= 4 is 23.7 Å². The van der Waals surface area contributed by atoms with Crippen LogP contribution in [0.3, 0.4) is 0 Å². The average Bonchev–Trinajstić information content (AvgIpc) is 3.16. The molecular formula is C18H17ClN6O3. The molecule has 0 fully saturated rings. The number of amides is 1. The minimum absolute atomic E-state index is 0.121. The maximum atomic E-state index is 12.0. The largest absolute Gasteiger partial charge is 0.493 e. The van der Waals surface area contributed by atoms with Crippen molar-refractivity contribution in [2.24, 2.45) is 5.10 Å². The van der Waals surface area contributed by atoms with Crippen LogP contribution in [0, 0.1) is 0 Å². The van der Waals surface area contributed by atoms with Gasteiger partial charge in [-0.2, -0.15) is 9.90 Å². The van der Waals surface area contributed by atoms with E-state index in [9.17, 15) is 4.79 Å². The van der Waals surface area contributed by atoms with Gasteiger partial charge in [-0.1, -0.05) is 41.9 Å². The third-order valence-electron chi connectivity index (χ3n) is 3.63. The van der Waals surface area contributed by atoms with Gasteiger partial charge in [-0.15, -0.1) is 10.2 Å². The van der Waals surface area contributed by atoms with E-state index in [1.807, 2.05) is 30.3 Å². The Kier molecular flexibility index (Phi) is 6.18. The molecule has 10 heteroatoms. The van der Waals surface area contributed by atoms with Gasteiger partial charge in [-0.05, 0) is 22.9 Å². The van der Waals surface area contributed by atoms with Crippen LogP contribution in [0.2, 0.25) is 5.02 Å². The summed E-state index contributed by atoms with van der Waals surface area (Å²) in [7, 11) is 3.00. The number of hydrogen-bond acceptors (Lipinski definition) is 7. The van der Waals surface area contributed by atoms with Gasteiger partial charge in [0.25, 0.3) is 5.91 Å². The highest BCUT2D eigenvalue weighted by molar-refractivity contribution is 6.32. The molecule has 144 valence electrons. The second kappa shape index (κ2) is 8.96. The van der Waals surface area contributed by atoms with E-state index in [0.717, 1.165) is 5.56 Å². The van der Waals surface area contributed by atoms with Crippen molar-refractivity contribution in [1.29, 1.82) is 0 Å². The number of rotatable bonds is 7. The molecule has 1 N–H and O–H groups in total. The SMILES string of the molecule is COc1cc(/C=N\NC(=O)Cn2nnc(-c3ccccc3)n2)cc(Cl)c1OC. The number of nitrogens with one attached hydrogen (secondary N) is 1. The number of ether oxygens (including phenoxy) is 2. The number of nitrogens with zero attached hydrogens (tertiary/aromatic N) is 5. The molecule has 1 amide bonds. The molecule has 0 unspecified atom stereocenters. The van der Waals surface area contributed by atoms with Crippen molar-refractivity contribution in [1.82, 2.24) is 25.6 Å². The van der Waals surface area contributed by atoms with Gasteiger partial charge in [-0.25, -0.2) is 5.43 Å². The molecule has 1 heterocycles. The Labute approximate surface area is 165 Å². The molecule has 0 radical (unpaired) electrons. The molecule has 1 aromatic heterocycles. The molecule has 3 aromatic rings. The summed E-state index contributed by atoms with van der Waals surface area (Å²) in [6, 6.07) is 12.7. The third kappa shape index (κ3) is 4.63. The summed E-state index contributed by atoms with van der Waals surface area (Å²) in [5.74, 6) is 0.927. The molecule has 0 saturated carbocycles. The van der Waals surface area contributed by atoms with Crippen molar-refractivity contribution < 1.29 is 14.3 Å². The second-order valence-corrected chi connectivity index (χ2v) is 5.95. The zero-order valence-corrected chi connectivity index (χ0v) is 15.9. The monoisotopic (exact) mass is 400 g/mol. The van der Waals surface area contributed by atoms with Crippen molar-refractivity contribution in [2.75, 3.05) is 14.2 Å². The third-order valence-corrected chi connectivity index (χ3v) is 3.91. The number of methoxy groups -OCH3 is 2. The Bertz CT molecular complexity index is 990. The number of aromatic nitrogens is 4. The van der Waals surface area contributed by atoms with Gasteiger partial charge >= 0.3 is 0 Å². The number of carbonyl (C=O) groups excluding carboxylic acids is 1. The first-order valence-electron chi connectivity index (χ1n) is 8.17. The van der Waals surface area contributed by atoms with Gasteiger partial charge in [0.05, 0.1) is 25.5 Å². The van der Waals surface area contributed by atoms with E-state index in [-0.39, 0.29) is 6.54 Å². The van der Waals surface area contributed by atoms with E-state index in [1.54, 1.807) is 12.1 Å². The van der Waals surface area contributed by atoms with Crippen LogP contribution in [-0.2, 0) is 11.3 Å². The van der Waals surface area contributed by atoms with Gasteiger partial charge < -0.3 is 9.47 Å². The van der Waals surface area contributed by atoms with Crippen LogP contribution in [0.25, 0.3) is 11.4 Å². The first kappa shape index (κ1) is 19.3. The topological polar surface area (TPSA) is 104 Å². The molecule has 0 saturated heterocycles. The van der Waals surface area contributed by atoms with Crippen LogP contribution >= 0.6 is 11.6 Å². The first-order chi connectivity index (χ1) is 13.6. The highest BCUT2D eigenvalue weighted by Gasteiger charge is 2.11. The molecule has 9 nitrogen and oxygen atoms in total. The Hall–Kier alpha value is -3.46. The predicted octanol–water partition coefficient (Wildman–Crippen LogP) is 2.16. The molecule has 0 aliphatic heterocycles. The van der Waals surface area contributed by atoms with Gasteiger partial charge in [0.2, 0.25) is 5.82 Å². The number of benzene rings is 2. The number of hydrazone groups is 1. The summed E-state index contributed by atoms with van der Waals surface area (Å²) < 4.78 is 10.4. The van der Waals surface area contributed by atoms with Crippen LogP contribution in [0.15, 0.2) is 47.6 Å². The van der Waals surface area contributed by atoms with Crippen LogP contribution in [0.1, 0.15) is 5.56 Å². The average molecular weight is 401 g/mol. The highest BCUT2D eigenvalue weighted by Crippen LogP contribution is 2.35. The van der Waals surface area contributed by atoms with Crippen molar-refractivity contribution in [3.8, 4) is 22.9 Å². The summed E-state index contributed by atoms with van der Waals surface area (Å²) in [5.41, 5.74) is 3.85. The predicted molar refractivity (Wildman–Crippen MR) is 104 cm³/mol. The number of hydrogen-bond donors (Lipinski definition) is 1. The second-order valence-electron chi connectivity index (χ2n) is 5.54. The molecule has 28 heavy (non-hydrogen) atoms. The molecule has 0 spiro atoms. The van der Waals surface area contributed by atoms with Crippen LogP contribution in [-0.4, -0.2) is 46.5 Å². The smallest absolute Gasteiger partial charge is 0.263 e. The first-order valence-corrected chi connectivity index (χ1v) is 8.55. The van der Waals surface area contributed by atoms with Gasteiger partial charge in [-0.3, -0.25) is 4.79 Å². The van der Waals surface area contributed by atoms with E-state index >= 15 is 0 Å². The number of halogens is 1. The van der Waals surface area contributed by atoms with E-state index in [1.165, 1.54) is 25.2 Å². The summed E-state index contributed by atoms with van der Waals surface area (Å²) in [6.07, 6.45) is 1.44. The van der Waals surface area contributed by atoms with Gasteiger partial charge in [0, 0.05) is 5.56 Å². The Morgan fingerprint density at radius 3 is 2.75 bits per heavy atom. The summed E-state index contributed by atoms with van der Waals surface area (Å²) >= 11 is 6.13. The molecule has 0 aliphatic rings. The fourth-order valence-electron chi connectivity index (χ4n) is 2.37. The van der Waals surface area contributed by atoms with E-state index in [4.69, 9.17) is 21.1 Å². The standard InChI is InChI=1S/C18H17ClN6O3/c1-27-15-9-12(8-14(19)17(15)28-2)10-20-21-16(26)11-25-23-18(22-24-25)13-6-4-3-5-7-13/h3-10H,11H2,1-2H3,(H,21,26)/b20-10-. The summed E-state index contributed by atoms with van der Waals surface area (Å²) in [4.78, 5) is 13.2. The van der Waals surface area contributed by atoms with E-state index in [2.05, 4.69) is 25.9 Å². The molecule has 0 bridgehead atoms. The van der Waals surface area contributed by atoms with Crippen molar-refractivity contribution in [2.45, 2.75) is 6.54 Å². The lowest BCUT2D eigenvalue weighted by atomic mass is 10.2. The minimum atomic E-state index is -0.403. The Balaban J connectivity index is 1.60. The Morgan fingerprint density at radius 2 is 2.04 bits per heavy atom. The number of tetrazole rings is 1. The van der Waals surface area contributed by atoms with Gasteiger partial charge in [0.15, 0.2) is 11.5 Å². The van der Waals surface area contributed by atoms with Crippen LogP contribution < -0.4 is 14.9 Å². The zero-order valence-electron chi connectivity index (χ0n) is 15.2. The lowest BCUT2D eigenvalue weighted by molar-refractivity contribution is -0.122. The molecule has 0 aliphatic carbocycles. The molecule has 0 atom stereocenters. The van der Waals surface area contributed by atoms with Crippen LogP contribution in [0.4, 0.5) is 0 Å². The Morgan fingerprint density at radius 1 is 1.25 bits per heavy atom. The van der Waals surface area contributed by atoms with Gasteiger partial charge in [0.1, 0.15) is 6.54 Å².